The van der Waals surface area contributed by atoms with Crippen LogP contribution < -0.4 is 5.32 Å². The molecule has 2 heteroatoms. The molecule has 1 atom stereocenters. The van der Waals surface area contributed by atoms with Crippen LogP contribution in [0.1, 0.15) is 24.3 Å². The maximum absolute atomic E-state index is 3.45. The van der Waals surface area contributed by atoms with E-state index >= 15 is 0 Å². The molecule has 2 rings (SSSR count). The molecule has 0 saturated carbocycles. The van der Waals surface area contributed by atoms with E-state index in [0.29, 0.717) is 0 Å². The Morgan fingerprint density at radius 3 is 2.62 bits per heavy atom. The van der Waals surface area contributed by atoms with Crippen LogP contribution >= 0.6 is 22.6 Å². The highest BCUT2D eigenvalue weighted by Gasteiger charge is 2.14. The molecule has 1 unspecified atom stereocenters. The Morgan fingerprint density at radius 1 is 1.23 bits per heavy atom. The molecular weight excluding hydrogens is 273 g/mol. The fourth-order valence-electron chi connectivity index (χ4n) is 1.87. The van der Waals surface area contributed by atoms with Crippen LogP contribution in [0.5, 0.6) is 0 Å². The van der Waals surface area contributed by atoms with Gasteiger partial charge in [0.2, 0.25) is 0 Å². The fourth-order valence-corrected chi connectivity index (χ4v) is 2.23. The molecule has 0 aliphatic carbocycles. The van der Waals surface area contributed by atoms with Crippen LogP contribution in [0.3, 0.4) is 0 Å². The number of halogens is 1. The van der Waals surface area contributed by atoms with Crippen molar-refractivity contribution in [2.24, 2.45) is 0 Å². The van der Waals surface area contributed by atoms with E-state index in [1.807, 2.05) is 0 Å². The molecule has 0 bridgehead atoms. The molecule has 1 fully saturated rings. The van der Waals surface area contributed by atoms with E-state index < -0.39 is 0 Å². The lowest BCUT2D eigenvalue weighted by molar-refractivity contribution is 0.461. The summed E-state index contributed by atoms with van der Waals surface area (Å²) in [7, 11) is 0. The van der Waals surface area contributed by atoms with E-state index in [0.717, 1.165) is 12.5 Å². The fraction of sp³-hybridized carbons (Fsp3) is 0.455. The smallest absolute Gasteiger partial charge is 0.0130 e. The van der Waals surface area contributed by atoms with Crippen LogP contribution in [0, 0.1) is 3.57 Å². The van der Waals surface area contributed by atoms with Crippen molar-refractivity contribution in [3.8, 4) is 0 Å². The van der Waals surface area contributed by atoms with Crippen molar-refractivity contribution >= 4 is 22.6 Å². The summed E-state index contributed by atoms with van der Waals surface area (Å²) in [5.41, 5.74) is 1.49. The molecule has 1 aliphatic heterocycles. The Kier molecular flexibility index (Phi) is 3.22. The Labute approximate surface area is 93.1 Å². The van der Waals surface area contributed by atoms with E-state index in [1.165, 1.54) is 28.5 Å². The standard InChI is InChI=1S/C11H14IN/c12-11-5-3-9(4-6-11)10-2-1-7-13-8-10/h3-6,10,13H,1-2,7-8H2. The van der Waals surface area contributed by atoms with Gasteiger partial charge in [0.25, 0.3) is 0 Å². The average Bonchev–Trinajstić information content (AvgIpc) is 2.20. The number of rotatable bonds is 1. The van der Waals surface area contributed by atoms with Crippen molar-refractivity contribution in [2.75, 3.05) is 13.1 Å². The first-order valence-corrected chi connectivity index (χ1v) is 5.90. The molecule has 0 radical (unpaired) electrons. The van der Waals surface area contributed by atoms with Gasteiger partial charge in [-0.1, -0.05) is 12.1 Å². The molecule has 0 aromatic heterocycles. The second kappa shape index (κ2) is 4.42. The number of hydrogen-bond donors (Lipinski definition) is 1. The van der Waals surface area contributed by atoms with E-state index in [1.54, 1.807) is 0 Å². The van der Waals surface area contributed by atoms with Gasteiger partial charge in [-0.2, -0.15) is 0 Å². The van der Waals surface area contributed by atoms with Gasteiger partial charge in [-0.3, -0.25) is 0 Å². The number of piperidine rings is 1. The van der Waals surface area contributed by atoms with Gasteiger partial charge in [0.15, 0.2) is 0 Å². The Hall–Kier alpha value is -0.0900. The van der Waals surface area contributed by atoms with Gasteiger partial charge in [-0.15, -0.1) is 0 Å². The SMILES string of the molecule is Ic1ccc(C2CCCNC2)cc1. The van der Waals surface area contributed by atoms with Crippen molar-refractivity contribution in [2.45, 2.75) is 18.8 Å². The van der Waals surface area contributed by atoms with E-state index in [9.17, 15) is 0 Å². The first-order valence-electron chi connectivity index (χ1n) is 4.82. The molecule has 1 nitrogen and oxygen atoms in total. The molecule has 13 heavy (non-hydrogen) atoms. The molecule has 1 aliphatic rings. The molecule has 70 valence electrons. The molecular formula is C11H14IN. The third kappa shape index (κ3) is 2.44. The largest absolute Gasteiger partial charge is 0.316 e. The van der Waals surface area contributed by atoms with Gasteiger partial charge in [0, 0.05) is 10.1 Å². The van der Waals surface area contributed by atoms with E-state index in [4.69, 9.17) is 0 Å². The van der Waals surface area contributed by atoms with Crippen molar-refractivity contribution in [3.05, 3.63) is 33.4 Å². The van der Waals surface area contributed by atoms with E-state index in [-0.39, 0.29) is 0 Å². The maximum Gasteiger partial charge on any atom is 0.0130 e. The summed E-state index contributed by atoms with van der Waals surface area (Å²) in [4.78, 5) is 0. The highest BCUT2D eigenvalue weighted by atomic mass is 127. The number of hydrogen-bond acceptors (Lipinski definition) is 1. The molecule has 1 saturated heterocycles. The molecule has 1 aromatic rings. The van der Waals surface area contributed by atoms with Crippen LogP contribution in [0.2, 0.25) is 0 Å². The van der Waals surface area contributed by atoms with Crippen LogP contribution in [-0.2, 0) is 0 Å². The summed E-state index contributed by atoms with van der Waals surface area (Å²) in [6.07, 6.45) is 2.66. The Bertz CT molecular complexity index is 262. The van der Waals surface area contributed by atoms with Gasteiger partial charge in [-0.05, 0) is 65.6 Å². The zero-order valence-corrected chi connectivity index (χ0v) is 9.75. The van der Waals surface area contributed by atoms with E-state index in [2.05, 4.69) is 52.2 Å². The molecule has 0 spiro atoms. The third-order valence-corrected chi connectivity index (χ3v) is 3.36. The highest BCUT2D eigenvalue weighted by Crippen LogP contribution is 2.23. The van der Waals surface area contributed by atoms with Gasteiger partial charge in [0.05, 0.1) is 0 Å². The van der Waals surface area contributed by atoms with Crippen molar-refractivity contribution in [1.29, 1.82) is 0 Å². The van der Waals surface area contributed by atoms with Crippen molar-refractivity contribution in [3.63, 3.8) is 0 Å². The maximum atomic E-state index is 3.45. The summed E-state index contributed by atoms with van der Waals surface area (Å²) in [6.45, 7) is 2.35. The molecule has 1 heterocycles. The molecule has 1 N–H and O–H groups in total. The Balaban J connectivity index is 2.10. The molecule has 1 aromatic carbocycles. The van der Waals surface area contributed by atoms with Gasteiger partial charge < -0.3 is 5.32 Å². The van der Waals surface area contributed by atoms with Gasteiger partial charge in [-0.25, -0.2) is 0 Å². The predicted octanol–water partition coefficient (Wildman–Crippen LogP) is 2.76. The van der Waals surface area contributed by atoms with Crippen LogP contribution in [0.4, 0.5) is 0 Å². The summed E-state index contributed by atoms with van der Waals surface area (Å²) in [5.74, 6) is 0.741. The second-order valence-electron chi connectivity index (χ2n) is 3.59. The lowest BCUT2D eigenvalue weighted by atomic mass is 9.92. The predicted molar refractivity (Wildman–Crippen MR) is 64.0 cm³/mol. The zero-order chi connectivity index (χ0) is 9.10. The normalized spacial score (nSPS) is 23.0. The van der Waals surface area contributed by atoms with Crippen LogP contribution in [0.15, 0.2) is 24.3 Å². The minimum absolute atomic E-state index is 0.741. The monoisotopic (exact) mass is 287 g/mol. The second-order valence-corrected chi connectivity index (χ2v) is 4.84. The number of benzene rings is 1. The highest BCUT2D eigenvalue weighted by molar-refractivity contribution is 14.1. The first kappa shape index (κ1) is 9.46. The molecule has 0 amide bonds. The minimum atomic E-state index is 0.741. The summed E-state index contributed by atoms with van der Waals surface area (Å²) >= 11 is 2.35. The summed E-state index contributed by atoms with van der Waals surface area (Å²) < 4.78 is 1.32. The summed E-state index contributed by atoms with van der Waals surface area (Å²) in [5, 5.41) is 3.45. The first-order chi connectivity index (χ1) is 6.36. The lowest BCUT2D eigenvalue weighted by Gasteiger charge is -2.23. The van der Waals surface area contributed by atoms with Gasteiger partial charge in [0.1, 0.15) is 0 Å². The topological polar surface area (TPSA) is 12.0 Å². The van der Waals surface area contributed by atoms with Gasteiger partial charge >= 0.3 is 0 Å². The quantitative estimate of drug-likeness (QED) is 0.783. The Morgan fingerprint density at radius 2 is 2.00 bits per heavy atom. The lowest BCUT2D eigenvalue weighted by Crippen LogP contribution is -2.28. The zero-order valence-electron chi connectivity index (χ0n) is 7.59. The van der Waals surface area contributed by atoms with Crippen LogP contribution in [0.25, 0.3) is 0 Å². The van der Waals surface area contributed by atoms with Crippen LogP contribution in [-0.4, -0.2) is 13.1 Å². The van der Waals surface area contributed by atoms with Crippen molar-refractivity contribution < 1.29 is 0 Å². The van der Waals surface area contributed by atoms with Crippen molar-refractivity contribution in [1.82, 2.24) is 5.32 Å². The summed E-state index contributed by atoms with van der Waals surface area (Å²) in [6, 6.07) is 8.92. The third-order valence-electron chi connectivity index (χ3n) is 2.64. The number of nitrogens with one attached hydrogen (secondary N) is 1. The average molecular weight is 287 g/mol. The minimum Gasteiger partial charge on any atom is -0.316 e.